The molecule has 0 atom stereocenters. The van der Waals surface area contributed by atoms with Crippen LogP contribution in [0.25, 0.3) is 0 Å². The zero-order chi connectivity index (χ0) is 17.6. The second-order valence-corrected chi connectivity index (χ2v) is 9.11. The average molecular weight is 385 g/mol. The van der Waals surface area contributed by atoms with Crippen LogP contribution in [0.3, 0.4) is 0 Å². The molecule has 0 aliphatic heterocycles. The first-order valence-corrected chi connectivity index (χ1v) is 10.5. The molecular formula is C18H22Cl2O3Si. The summed E-state index contributed by atoms with van der Waals surface area (Å²) in [6, 6.07) is 15.9. The van der Waals surface area contributed by atoms with E-state index in [1.54, 1.807) is 14.2 Å². The fourth-order valence-corrected chi connectivity index (χ4v) is 5.18. The van der Waals surface area contributed by atoms with Crippen molar-refractivity contribution in [2.24, 2.45) is 0 Å². The molecule has 2 aromatic carbocycles. The summed E-state index contributed by atoms with van der Waals surface area (Å²) in [5, 5.41) is 1.24. The second kappa shape index (κ2) is 8.99. The Morgan fingerprint density at radius 3 is 1.71 bits per heavy atom. The van der Waals surface area contributed by atoms with Crippen molar-refractivity contribution in [2.45, 2.75) is 25.5 Å². The minimum atomic E-state index is -2.84. The van der Waals surface area contributed by atoms with E-state index in [0.29, 0.717) is 16.1 Å². The molecule has 24 heavy (non-hydrogen) atoms. The lowest BCUT2D eigenvalue weighted by Crippen LogP contribution is -2.44. The molecule has 0 aliphatic rings. The van der Waals surface area contributed by atoms with Crippen molar-refractivity contribution in [3.63, 3.8) is 0 Å². The number of hydrogen-bond acceptors (Lipinski definition) is 3. The molecule has 0 fully saturated rings. The molecule has 0 saturated heterocycles. The van der Waals surface area contributed by atoms with Gasteiger partial charge in [0.05, 0.1) is 0 Å². The lowest BCUT2D eigenvalue weighted by Gasteiger charge is -2.32. The van der Waals surface area contributed by atoms with Crippen molar-refractivity contribution in [1.29, 1.82) is 0 Å². The Hall–Kier alpha value is -0.883. The minimum absolute atomic E-state index is 0.453. The third kappa shape index (κ3) is 4.39. The SMILES string of the molecule is CCC[Si](OC)(OC)OC(c1ccccc1Cl)c1ccccc1Cl. The maximum atomic E-state index is 6.44. The molecule has 0 bridgehead atoms. The summed E-state index contributed by atoms with van der Waals surface area (Å²) in [6.07, 6.45) is 0.441. The fourth-order valence-electron chi connectivity index (χ4n) is 2.60. The molecule has 0 spiro atoms. The van der Waals surface area contributed by atoms with Crippen molar-refractivity contribution in [3.05, 3.63) is 69.7 Å². The number of hydrogen-bond donors (Lipinski definition) is 0. The van der Waals surface area contributed by atoms with E-state index in [2.05, 4.69) is 6.92 Å². The van der Waals surface area contributed by atoms with Crippen LogP contribution in [-0.2, 0) is 13.3 Å². The first-order chi connectivity index (χ1) is 11.6. The van der Waals surface area contributed by atoms with Crippen LogP contribution in [0.4, 0.5) is 0 Å². The molecule has 0 aromatic heterocycles. The quantitative estimate of drug-likeness (QED) is 0.542. The summed E-state index contributed by atoms with van der Waals surface area (Å²) in [5.41, 5.74) is 1.68. The van der Waals surface area contributed by atoms with E-state index in [1.165, 1.54) is 0 Å². The summed E-state index contributed by atoms with van der Waals surface area (Å²) >= 11 is 12.8. The maximum Gasteiger partial charge on any atom is 0.501 e. The first kappa shape index (κ1) is 19.4. The Labute approximate surface area is 154 Å². The van der Waals surface area contributed by atoms with Crippen molar-refractivity contribution >= 4 is 32.0 Å². The largest absolute Gasteiger partial charge is 0.501 e. The zero-order valence-corrected chi connectivity index (χ0v) is 16.6. The number of halogens is 2. The molecule has 0 saturated carbocycles. The van der Waals surface area contributed by atoms with Crippen LogP contribution in [0.1, 0.15) is 30.6 Å². The van der Waals surface area contributed by atoms with E-state index >= 15 is 0 Å². The minimum Gasteiger partial charge on any atom is -0.377 e. The Morgan fingerprint density at radius 2 is 1.33 bits per heavy atom. The highest BCUT2D eigenvalue weighted by molar-refractivity contribution is 6.60. The van der Waals surface area contributed by atoms with Gasteiger partial charge >= 0.3 is 8.80 Å². The maximum absolute atomic E-state index is 6.44. The van der Waals surface area contributed by atoms with Crippen molar-refractivity contribution in [3.8, 4) is 0 Å². The summed E-state index contributed by atoms with van der Waals surface area (Å²) in [4.78, 5) is 0. The van der Waals surface area contributed by atoms with Gasteiger partial charge in [-0.15, -0.1) is 0 Å². The predicted molar refractivity (Wildman–Crippen MR) is 101 cm³/mol. The highest BCUT2D eigenvalue weighted by atomic mass is 35.5. The van der Waals surface area contributed by atoms with Gasteiger partial charge in [0.25, 0.3) is 0 Å². The Balaban J connectivity index is 2.52. The van der Waals surface area contributed by atoms with E-state index in [0.717, 1.165) is 17.5 Å². The van der Waals surface area contributed by atoms with Gasteiger partial charge in [-0.25, -0.2) is 0 Å². The van der Waals surface area contributed by atoms with Gasteiger partial charge in [-0.05, 0) is 12.1 Å². The summed E-state index contributed by atoms with van der Waals surface area (Å²) < 4.78 is 17.8. The monoisotopic (exact) mass is 384 g/mol. The van der Waals surface area contributed by atoms with Crippen molar-refractivity contribution in [2.75, 3.05) is 14.2 Å². The van der Waals surface area contributed by atoms with E-state index in [1.807, 2.05) is 48.5 Å². The highest BCUT2D eigenvalue weighted by Crippen LogP contribution is 2.38. The first-order valence-electron chi connectivity index (χ1n) is 7.84. The van der Waals surface area contributed by atoms with Gasteiger partial charge in [0, 0.05) is 41.4 Å². The number of rotatable bonds is 8. The van der Waals surface area contributed by atoms with Gasteiger partial charge in [0.15, 0.2) is 0 Å². The molecule has 0 radical (unpaired) electrons. The molecular weight excluding hydrogens is 363 g/mol. The molecule has 2 rings (SSSR count). The van der Waals surface area contributed by atoms with E-state index in [4.69, 9.17) is 36.5 Å². The molecule has 0 heterocycles. The molecule has 0 aliphatic carbocycles. The average Bonchev–Trinajstić information content (AvgIpc) is 2.60. The smallest absolute Gasteiger partial charge is 0.377 e. The zero-order valence-electron chi connectivity index (χ0n) is 14.1. The van der Waals surface area contributed by atoms with Crippen LogP contribution < -0.4 is 0 Å². The lowest BCUT2D eigenvalue weighted by molar-refractivity contribution is 0.0703. The molecule has 0 N–H and O–H groups in total. The topological polar surface area (TPSA) is 27.7 Å². The van der Waals surface area contributed by atoms with E-state index in [9.17, 15) is 0 Å². The summed E-state index contributed by atoms with van der Waals surface area (Å²) in [6.45, 7) is 2.07. The van der Waals surface area contributed by atoms with E-state index < -0.39 is 14.9 Å². The van der Waals surface area contributed by atoms with Gasteiger partial charge in [-0.2, -0.15) is 0 Å². The van der Waals surface area contributed by atoms with Gasteiger partial charge in [0.2, 0.25) is 0 Å². The normalized spacial score (nSPS) is 11.9. The summed E-state index contributed by atoms with van der Waals surface area (Å²) in [7, 11) is 0.418. The van der Waals surface area contributed by atoms with Crippen LogP contribution in [0.5, 0.6) is 0 Å². The van der Waals surface area contributed by atoms with Crippen molar-refractivity contribution in [1.82, 2.24) is 0 Å². The predicted octanol–water partition coefficient (Wildman–Crippen LogP) is 5.74. The van der Waals surface area contributed by atoms with Gasteiger partial charge in [0.1, 0.15) is 6.10 Å². The lowest BCUT2D eigenvalue weighted by atomic mass is 10.0. The van der Waals surface area contributed by atoms with Gasteiger partial charge < -0.3 is 13.3 Å². The van der Waals surface area contributed by atoms with Gasteiger partial charge in [-0.1, -0.05) is 72.9 Å². The molecule has 6 heteroatoms. The Kier molecular flexibility index (Phi) is 7.28. The third-order valence-electron chi connectivity index (χ3n) is 3.85. The van der Waals surface area contributed by atoms with Crippen LogP contribution >= 0.6 is 23.2 Å². The second-order valence-electron chi connectivity index (χ2n) is 5.38. The third-order valence-corrected chi connectivity index (χ3v) is 7.49. The van der Waals surface area contributed by atoms with Crippen LogP contribution in [0.2, 0.25) is 16.1 Å². The molecule has 130 valence electrons. The molecule has 2 aromatic rings. The summed E-state index contributed by atoms with van der Waals surface area (Å²) in [5.74, 6) is 0. The molecule has 3 nitrogen and oxygen atoms in total. The van der Waals surface area contributed by atoms with Crippen LogP contribution in [0.15, 0.2) is 48.5 Å². The highest BCUT2D eigenvalue weighted by Gasteiger charge is 2.42. The molecule has 0 unspecified atom stereocenters. The van der Waals surface area contributed by atoms with Gasteiger partial charge in [-0.3, -0.25) is 0 Å². The fraction of sp³-hybridized carbons (Fsp3) is 0.333. The Bertz CT molecular complexity index is 617. The van der Waals surface area contributed by atoms with Crippen LogP contribution in [-0.4, -0.2) is 23.0 Å². The van der Waals surface area contributed by atoms with E-state index in [-0.39, 0.29) is 0 Å². The molecule has 0 amide bonds. The van der Waals surface area contributed by atoms with Crippen LogP contribution in [0, 0.1) is 0 Å². The Morgan fingerprint density at radius 1 is 0.875 bits per heavy atom. The standard InChI is InChI=1S/C18H22Cl2O3Si/c1-4-13-24(21-2,22-3)23-18(14-9-5-7-11-16(14)19)15-10-6-8-12-17(15)20/h5-12,18H,4,13H2,1-3H3. The number of benzene rings is 2. The van der Waals surface area contributed by atoms with Crippen molar-refractivity contribution < 1.29 is 13.3 Å².